The Morgan fingerprint density at radius 1 is 1.26 bits per heavy atom. The molecule has 6 heteroatoms. The summed E-state index contributed by atoms with van der Waals surface area (Å²) in [5, 5.41) is 7.88. The van der Waals surface area contributed by atoms with Crippen molar-refractivity contribution in [2.45, 2.75) is 20.8 Å². The molecule has 2 aromatic rings. The maximum absolute atomic E-state index is 11.8. The summed E-state index contributed by atoms with van der Waals surface area (Å²) in [6, 6.07) is 7.96. The summed E-state index contributed by atoms with van der Waals surface area (Å²) in [6.07, 6.45) is 0. The van der Waals surface area contributed by atoms with Gasteiger partial charge in [-0.05, 0) is 37.9 Å². The molecule has 5 nitrogen and oxygen atoms in total. The van der Waals surface area contributed by atoms with Crippen LogP contribution in [0, 0.1) is 13.8 Å². The Hall–Kier alpha value is -2.08. The quantitative estimate of drug-likeness (QED) is 0.690. The molecule has 0 atom stereocenters. The molecule has 2 rings (SSSR count). The number of benzene rings is 1. The van der Waals surface area contributed by atoms with E-state index in [0.29, 0.717) is 10.6 Å². The highest BCUT2D eigenvalue weighted by Crippen LogP contribution is 2.09. The van der Waals surface area contributed by atoms with Gasteiger partial charge in [-0.3, -0.25) is 4.79 Å². The summed E-state index contributed by atoms with van der Waals surface area (Å²) >= 11 is 1.06. The lowest BCUT2D eigenvalue weighted by atomic mass is 10.1. The van der Waals surface area contributed by atoms with E-state index in [2.05, 4.69) is 20.1 Å². The number of carbonyl (C=O) groups excluding carboxylic acids is 1. The fraction of sp³-hybridized carbons (Fsp3) is 0.231. The molecule has 1 N–H and O–H groups in total. The predicted octanol–water partition coefficient (Wildman–Crippen LogP) is 2.31. The first-order valence-corrected chi connectivity index (χ1v) is 6.56. The molecule has 0 unspecified atom stereocenters. The minimum atomic E-state index is -0.279. The molecule has 0 bridgehead atoms. The average molecular weight is 274 g/mol. The van der Waals surface area contributed by atoms with Gasteiger partial charge in [-0.1, -0.05) is 34.3 Å². The zero-order chi connectivity index (χ0) is 13.8. The van der Waals surface area contributed by atoms with Gasteiger partial charge in [0.2, 0.25) is 0 Å². The van der Waals surface area contributed by atoms with Gasteiger partial charge >= 0.3 is 0 Å². The van der Waals surface area contributed by atoms with Gasteiger partial charge in [-0.2, -0.15) is 5.10 Å². The van der Waals surface area contributed by atoms with Crippen LogP contribution in [0.25, 0.3) is 0 Å². The predicted molar refractivity (Wildman–Crippen MR) is 75.5 cm³/mol. The van der Waals surface area contributed by atoms with E-state index < -0.39 is 0 Å². The summed E-state index contributed by atoms with van der Waals surface area (Å²) in [6.45, 7) is 5.62. The Labute approximate surface area is 115 Å². The summed E-state index contributed by atoms with van der Waals surface area (Å²) < 4.78 is 3.72. The number of aromatic nitrogens is 2. The van der Waals surface area contributed by atoms with E-state index in [0.717, 1.165) is 22.8 Å². The number of hydrazone groups is 1. The van der Waals surface area contributed by atoms with Crippen LogP contribution in [0.3, 0.4) is 0 Å². The Kier molecular flexibility index (Phi) is 4.01. The molecule has 98 valence electrons. The number of hydrogen-bond acceptors (Lipinski definition) is 5. The van der Waals surface area contributed by atoms with Gasteiger partial charge in [0.1, 0.15) is 4.88 Å². The monoisotopic (exact) mass is 274 g/mol. The fourth-order valence-electron chi connectivity index (χ4n) is 1.48. The molecule has 0 aliphatic heterocycles. The molecule has 1 aromatic carbocycles. The number of nitrogens with one attached hydrogen (secondary N) is 1. The molecular formula is C13H14N4OS. The van der Waals surface area contributed by atoms with Crippen molar-refractivity contribution in [3.8, 4) is 0 Å². The highest BCUT2D eigenvalue weighted by atomic mass is 32.1. The van der Waals surface area contributed by atoms with Gasteiger partial charge in [0.25, 0.3) is 5.91 Å². The molecule has 0 aliphatic carbocycles. The van der Waals surface area contributed by atoms with Crippen LogP contribution in [-0.2, 0) is 0 Å². The summed E-state index contributed by atoms with van der Waals surface area (Å²) in [7, 11) is 0. The number of carbonyl (C=O) groups is 1. The first kappa shape index (κ1) is 13.4. The second-order valence-electron chi connectivity index (χ2n) is 4.19. The molecule has 0 radical (unpaired) electrons. The van der Waals surface area contributed by atoms with Crippen LogP contribution >= 0.6 is 11.5 Å². The van der Waals surface area contributed by atoms with Crippen LogP contribution in [0.4, 0.5) is 0 Å². The van der Waals surface area contributed by atoms with Gasteiger partial charge < -0.3 is 0 Å². The number of amides is 1. The second-order valence-corrected chi connectivity index (χ2v) is 4.95. The van der Waals surface area contributed by atoms with Crippen LogP contribution in [0.1, 0.15) is 33.4 Å². The smallest absolute Gasteiger partial charge is 0.266 e. The van der Waals surface area contributed by atoms with Crippen molar-refractivity contribution < 1.29 is 4.79 Å². The molecular weight excluding hydrogens is 260 g/mol. The molecule has 0 saturated heterocycles. The van der Waals surface area contributed by atoms with Gasteiger partial charge in [-0.15, -0.1) is 5.10 Å². The van der Waals surface area contributed by atoms with E-state index in [4.69, 9.17) is 0 Å². The van der Waals surface area contributed by atoms with Gasteiger partial charge in [0.05, 0.1) is 11.4 Å². The number of nitrogens with zero attached hydrogens (tertiary/aromatic N) is 3. The summed E-state index contributed by atoms with van der Waals surface area (Å²) in [5.41, 5.74) is 6.05. The standard InChI is InChI=1S/C13H14N4OS/c1-8-4-6-11(7-5-8)9(2)14-16-13(18)12-10(3)15-17-19-12/h4-7H,1-3H3,(H,16,18)/b14-9+. The van der Waals surface area contributed by atoms with Crippen LogP contribution in [0.15, 0.2) is 29.4 Å². The van der Waals surface area contributed by atoms with E-state index in [9.17, 15) is 4.79 Å². The highest BCUT2D eigenvalue weighted by molar-refractivity contribution is 7.07. The van der Waals surface area contributed by atoms with E-state index >= 15 is 0 Å². The SMILES string of the molecule is C/C(=N\NC(=O)c1snnc1C)c1ccc(C)cc1. The molecule has 0 spiro atoms. The van der Waals surface area contributed by atoms with Crippen LogP contribution < -0.4 is 5.43 Å². The Morgan fingerprint density at radius 2 is 1.95 bits per heavy atom. The van der Waals surface area contributed by atoms with Crippen molar-refractivity contribution >= 4 is 23.2 Å². The topological polar surface area (TPSA) is 67.2 Å². The third-order valence-corrected chi connectivity index (χ3v) is 3.48. The van der Waals surface area contributed by atoms with Crippen molar-refractivity contribution in [3.63, 3.8) is 0 Å². The van der Waals surface area contributed by atoms with E-state index in [-0.39, 0.29) is 5.91 Å². The Bertz CT molecular complexity index is 616. The van der Waals surface area contributed by atoms with Gasteiger partial charge in [0, 0.05) is 0 Å². The summed E-state index contributed by atoms with van der Waals surface area (Å²) in [5.74, 6) is -0.279. The van der Waals surface area contributed by atoms with Crippen LogP contribution in [0.5, 0.6) is 0 Å². The first-order valence-electron chi connectivity index (χ1n) is 5.78. The van der Waals surface area contributed by atoms with Crippen LogP contribution in [0.2, 0.25) is 0 Å². The number of aryl methyl sites for hydroxylation is 2. The lowest BCUT2D eigenvalue weighted by Gasteiger charge is -2.02. The molecule has 1 heterocycles. The summed E-state index contributed by atoms with van der Waals surface area (Å²) in [4.78, 5) is 12.3. The minimum absolute atomic E-state index is 0.279. The number of rotatable bonds is 3. The van der Waals surface area contributed by atoms with Crippen molar-refractivity contribution in [1.29, 1.82) is 0 Å². The normalized spacial score (nSPS) is 11.4. The minimum Gasteiger partial charge on any atom is -0.266 e. The zero-order valence-corrected chi connectivity index (χ0v) is 11.8. The fourth-order valence-corrected chi connectivity index (χ4v) is 2.03. The van der Waals surface area contributed by atoms with Crippen molar-refractivity contribution in [2.24, 2.45) is 5.10 Å². The molecule has 0 fully saturated rings. The lowest BCUT2D eigenvalue weighted by Crippen LogP contribution is -2.19. The van der Waals surface area contributed by atoms with E-state index in [1.54, 1.807) is 6.92 Å². The van der Waals surface area contributed by atoms with Crippen molar-refractivity contribution in [3.05, 3.63) is 46.0 Å². The number of hydrogen-bond donors (Lipinski definition) is 1. The van der Waals surface area contributed by atoms with E-state index in [1.807, 2.05) is 38.1 Å². The maximum atomic E-state index is 11.8. The molecule has 1 aromatic heterocycles. The highest BCUT2D eigenvalue weighted by Gasteiger charge is 2.12. The average Bonchev–Trinajstić information content (AvgIpc) is 2.83. The first-order chi connectivity index (χ1) is 9.08. The molecule has 0 aliphatic rings. The van der Waals surface area contributed by atoms with Gasteiger partial charge in [-0.25, -0.2) is 5.43 Å². The Morgan fingerprint density at radius 3 is 2.53 bits per heavy atom. The third-order valence-electron chi connectivity index (χ3n) is 2.65. The molecule has 0 saturated carbocycles. The van der Waals surface area contributed by atoms with Crippen LogP contribution in [-0.4, -0.2) is 21.2 Å². The van der Waals surface area contributed by atoms with E-state index in [1.165, 1.54) is 5.56 Å². The largest absolute Gasteiger partial charge is 0.285 e. The van der Waals surface area contributed by atoms with Crippen molar-refractivity contribution in [2.75, 3.05) is 0 Å². The Balaban J connectivity index is 2.08. The maximum Gasteiger partial charge on any atom is 0.285 e. The lowest BCUT2D eigenvalue weighted by molar-refractivity contribution is 0.0958. The third kappa shape index (κ3) is 3.23. The molecule has 19 heavy (non-hydrogen) atoms. The second kappa shape index (κ2) is 5.71. The van der Waals surface area contributed by atoms with Gasteiger partial charge in [0.15, 0.2) is 0 Å². The zero-order valence-electron chi connectivity index (χ0n) is 11.0. The molecule has 1 amide bonds. The van der Waals surface area contributed by atoms with Crippen molar-refractivity contribution in [1.82, 2.24) is 15.0 Å².